The first-order valence-electron chi connectivity index (χ1n) is 11.6. The van der Waals surface area contributed by atoms with E-state index in [1.54, 1.807) is 29.7 Å². The summed E-state index contributed by atoms with van der Waals surface area (Å²) in [4.78, 5) is 43.0. The molecule has 1 aromatic carbocycles. The fourth-order valence-electron chi connectivity index (χ4n) is 4.62. The van der Waals surface area contributed by atoms with E-state index in [1.807, 2.05) is 15.9 Å². The molecular formula is C25H31N5O3. The molecule has 0 spiro atoms. The van der Waals surface area contributed by atoms with Crippen molar-refractivity contribution in [2.45, 2.75) is 51.7 Å². The minimum absolute atomic E-state index is 0.00545. The van der Waals surface area contributed by atoms with Gasteiger partial charge < -0.3 is 15.5 Å². The molecule has 2 aliphatic heterocycles. The summed E-state index contributed by atoms with van der Waals surface area (Å²) >= 11 is 0. The molecule has 2 fully saturated rings. The van der Waals surface area contributed by atoms with Crippen molar-refractivity contribution in [3.8, 4) is 11.8 Å². The van der Waals surface area contributed by atoms with E-state index in [0.29, 0.717) is 17.9 Å². The molecule has 2 saturated heterocycles. The topological polar surface area (TPSA) is 93.6 Å². The number of benzene rings is 1. The van der Waals surface area contributed by atoms with Gasteiger partial charge in [0.1, 0.15) is 5.82 Å². The third kappa shape index (κ3) is 5.04. The van der Waals surface area contributed by atoms with E-state index < -0.39 is 5.69 Å². The molecule has 2 aromatic rings. The molecule has 0 aliphatic carbocycles. The van der Waals surface area contributed by atoms with Crippen LogP contribution in [0.15, 0.2) is 39.9 Å². The number of rotatable bonds is 5. The second-order valence-corrected chi connectivity index (χ2v) is 8.77. The Morgan fingerprint density at radius 2 is 1.88 bits per heavy atom. The normalized spacial score (nSPS) is 18.2. The van der Waals surface area contributed by atoms with Crippen molar-refractivity contribution >= 4 is 11.7 Å². The summed E-state index contributed by atoms with van der Waals surface area (Å²) in [7, 11) is 0. The van der Waals surface area contributed by atoms with Crippen molar-refractivity contribution in [1.29, 1.82) is 0 Å². The van der Waals surface area contributed by atoms with Gasteiger partial charge in [-0.2, -0.15) is 0 Å². The first-order valence-corrected chi connectivity index (χ1v) is 11.6. The number of hydrogen-bond donors (Lipinski definition) is 1. The summed E-state index contributed by atoms with van der Waals surface area (Å²) in [5.74, 6) is 6.34. The van der Waals surface area contributed by atoms with Crippen molar-refractivity contribution in [2.24, 2.45) is 5.73 Å². The van der Waals surface area contributed by atoms with Gasteiger partial charge in [0.05, 0.1) is 13.1 Å². The number of nitrogens with two attached hydrogens (primary N) is 1. The van der Waals surface area contributed by atoms with Gasteiger partial charge in [0.25, 0.3) is 11.5 Å². The molecule has 1 aromatic heterocycles. The SMILES string of the molecule is CC#CCn1c(N2CCC[C@@H](N)C2)cc(=O)n(Cc2cccc(C(=O)N3CCCC3)c2)c1=O. The van der Waals surface area contributed by atoms with Gasteiger partial charge in [0.15, 0.2) is 0 Å². The zero-order chi connectivity index (χ0) is 23.4. The van der Waals surface area contributed by atoms with Crippen molar-refractivity contribution in [2.75, 3.05) is 31.1 Å². The van der Waals surface area contributed by atoms with Gasteiger partial charge >= 0.3 is 5.69 Å². The van der Waals surface area contributed by atoms with E-state index in [4.69, 9.17) is 5.73 Å². The molecular weight excluding hydrogens is 418 g/mol. The van der Waals surface area contributed by atoms with Crippen LogP contribution in [0.25, 0.3) is 0 Å². The minimum atomic E-state index is -0.407. The maximum atomic E-state index is 13.4. The summed E-state index contributed by atoms with van der Waals surface area (Å²) in [5.41, 5.74) is 6.68. The van der Waals surface area contributed by atoms with Crippen molar-refractivity contribution in [3.05, 3.63) is 62.3 Å². The number of anilines is 1. The Kier molecular flexibility index (Phi) is 6.99. The van der Waals surface area contributed by atoms with Gasteiger partial charge in [-0.05, 0) is 50.3 Å². The monoisotopic (exact) mass is 449 g/mol. The molecule has 0 unspecified atom stereocenters. The zero-order valence-electron chi connectivity index (χ0n) is 19.1. The van der Waals surface area contributed by atoms with Gasteiger partial charge in [0.2, 0.25) is 0 Å². The molecule has 0 radical (unpaired) electrons. The van der Waals surface area contributed by atoms with Gasteiger partial charge in [-0.3, -0.25) is 18.7 Å². The Labute approximate surface area is 193 Å². The summed E-state index contributed by atoms with van der Waals surface area (Å²) in [6.07, 6.45) is 3.89. The van der Waals surface area contributed by atoms with Gasteiger partial charge in [-0.1, -0.05) is 18.1 Å². The van der Waals surface area contributed by atoms with E-state index in [0.717, 1.165) is 50.9 Å². The van der Waals surface area contributed by atoms with Crippen LogP contribution in [0, 0.1) is 11.8 Å². The Balaban J connectivity index is 1.67. The molecule has 8 heteroatoms. The third-order valence-corrected chi connectivity index (χ3v) is 6.36. The maximum absolute atomic E-state index is 13.4. The van der Waals surface area contributed by atoms with Crippen LogP contribution in [-0.2, 0) is 13.1 Å². The van der Waals surface area contributed by atoms with Crippen LogP contribution in [0.3, 0.4) is 0 Å². The minimum Gasteiger partial charge on any atom is -0.356 e. The maximum Gasteiger partial charge on any atom is 0.333 e. The summed E-state index contributed by atoms with van der Waals surface area (Å²) in [5, 5.41) is 0. The van der Waals surface area contributed by atoms with E-state index in [-0.39, 0.29) is 30.6 Å². The lowest BCUT2D eigenvalue weighted by Gasteiger charge is -2.33. The van der Waals surface area contributed by atoms with Gasteiger partial charge in [-0.15, -0.1) is 5.92 Å². The van der Waals surface area contributed by atoms with Crippen LogP contribution in [-0.4, -0.2) is 52.2 Å². The number of amides is 1. The molecule has 1 atom stereocenters. The molecule has 1 amide bonds. The number of carbonyl (C=O) groups is 1. The fraction of sp³-hybridized carbons (Fsp3) is 0.480. The second-order valence-electron chi connectivity index (χ2n) is 8.77. The Morgan fingerprint density at radius 3 is 2.61 bits per heavy atom. The predicted octanol–water partition coefficient (Wildman–Crippen LogP) is 1.25. The molecule has 174 valence electrons. The highest BCUT2D eigenvalue weighted by molar-refractivity contribution is 5.94. The number of nitrogens with zero attached hydrogens (tertiary/aromatic N) is 4. The van der Waals surface area contributed by atoms with E-state index in [2.05, 4.69) is 11.8 Å². The van der Waals surface area contributed by atoms with Crippen molar-refractivity contribution in [1.82, 2.24) is 14.0 Å². The lowest BCUT2D eigenvalue weighted by atomic mass is 10.1. The molecule has 33 heavy (non-hydrogen) atoms. The number of aromatic nitrogens is 2. The molecule has 0 saturated carbocycles. The average molecular weight is 450 g/mol. The third-order valence-electron chi connectivity index (χ3n) is 6.36. The highest BCUT2D eigenvalue weighted by atomic mass is 16.2. The summed E-state index contributed by atoms with van der Waals surface area (Å²) in [6, 6.07) is 8.72. The highest BCUT2D eigenvalue weighted by Gasteiger charge is 2.23. The van der Waals surface area contributed by atoms with Crippen molar-refractivity contribution < 1.29 is 4.79 Å². The molecule has 2 aliphatic rings. The number of hydrogen-bond acceptors (Lipinski definition) is 5. The largest absolute Gasteiger partial charge is 0.356 e. The van der Waals surface area contributed by atoms with Crippen LogP contribution >= 0.6 is 0 Å². The average Bonchev–Trinajstić information content (AvgIpc) is 3.36. The molecule has 2 N–H and O–H groups in total. The lowest BCUT2D eigenvalue weighted by Crippen LogP contribution is -2.48. The Hall–Kier alpha value is -3.31. The van der Waals surface area contributed by atoms with E-state index in [9.17, 15) is 14.4 Å². The number of carbonyl (C=O) groups excluding carboxylic acids is 1. The first kappa shape index (κ1) is 22.9. The first-order chi connectivity index (χ1) is 16.0. The smallest absolute Gasteiger partial charge is 0.333 e. The molecule has 8 nitrogen and oxygen atoms in total. The van der Waals surface area contributed by atoms with Crippen LogP contribution < -0.4 is 21.9 Å². The standard InChI is InChI=1S/C25H31N5O3/c1-2-3-14-29-22(28-13-7-10-21(26)18-28)16-23(31)30(25(29)33)17-19-8-6-9-20(15-19)24(32)27-11-4-5-12-27/h6,8-9,15-16,21H,4-5,7,10-14,17-18,26H2,1H3/t21-/m1/s1. The van der Waals surface area contributed by atoms with Gasteiger partial charge in [0, 0.05) is 43.9 Å². The van der Waals surface area contributed by atoms with Crippen LogP contribution in [0.4, 0.5) is 5.82 Å². The molecule has 0 bridgehead atoms. The second kappa shape index (κ2) is 10.1. The quantitative estimate of drug-likeness (QED) is 0.694. The fourth-order valence-corrected chi connectivity index (χ4v) is 4.62. The van der Waals surface area contributed by atoms with Crippen LogP contribution in [0.5, 0.6) is 0 Å². The highest BCUT2D eigenvalue weighted by Crippen LogP contribution is 2.18. The molecule has 3 heterocycles. The van der Waals surface area contributed by atoms with Crippen molar-refractivity contribution in [3.63, 3.8) is 0 Å². The number of piperidine rings is 1. The van der Waals surface area contributed by atoms with E-state index >= 15 is 0 Å². The van der Waals surface area contributed by atoms with Gasteiger partial charge in [-0.25, -0.2) is 4.79 Å². The summed E-state index contributed by atoms with van der Waals surface area (Å²) < 4.78 is 2.76. The summed E-state index contributed by atoms with van der Waals surface area (Å²) in [6.45, 7) is 4.91. The van der Waals surface area contributed by atoms with Crippen LogP contribution in [0.2, 0.25) is 0 Å². The molecule has 4 rings (SSSR count). The lowest BCUT2D eigenvalue weighted by molar-refractivity contribution is 0.0792. The Morgan fingerprint density at radius 1 is 1.09 bits per heavy atom. The van der Waals surface area contributed by atoms with Crippen LogP contribution in [0.1, 0.15) is 48.5 Å². The Bertz CT molecular complexity index is 1200. The zero-order valence-corrected chi connectivity index (χ0v) is 19.1. The number of likely N-dealkylation sites (tertiary alicyclic amines) is 1. The predicted molar refractivity (Wildman–Crippen MR) is 129 cm³/mol. The van der Waals surface area contributed by atoms with E-state index in [1.165, 1.54) is 10.6 Å².